The standard InChI is InChI=1S/C7H7BrN2/c8-7-6-5(1-3-9-6)2-4-10-7/h2,4,9H,1,3H2. The number of hydrogen-bond donors (Lipinski definition) is 1. The van der Waals surface area contributed by atoms with Crippen molar-refractivity contribution in [3.05, 3.63) is 22.4 Å². The highest BCUT2D eigenvalue weighted by molar-refractivity contribution is 9.10. The van der Waals surface area contributed by atoms with Crippen LogP contribution < -0.4 is 5.32 Å². The maximum atomic E-state index is 4.10. The number of nitrogens with zero attached hydrogens (tertiary/aromatic N) is 1. The molecule has 2 nitrogen and oxygen atoms in total. The Morgan fingerprint density at radius 3 is 3.30 bits per heavy atom. The summed E-state index contributed by atoms with van der Waals surface area (Å²) in [6.45, 7) is 1.04. The fourth-order valence-electron chi connectivity index (χ4n) is 1.19. The van der Waals surface area contributed by atoms with Gasteiger partial charge in [0.25, 0.3) is 0 Å². The van der Waals surface area contributed by atoms with Crippen LogP contribution in [-0.2, 0) is 6.42 Å². The van der Waals surface area contributed by atoms with Crippen molar-refractivity contribution < 1.29 is 0 Å². The number of hydrogen-bond acceptors (Lipinski definition) is 2. The number of nitrogens with one attached hydrogen (secondary N) is 1. The molecule has 0 spiro atoms. The molecule has 0 unspecified atom stereocenters. The zero-order valence-corrected chi connectivity index (χ0v) is 6.98. The minimum atomic E-state index is 0.933. The summed E-state index contributed by atoms with van der Waals surface area (Å²) in [7, 11) is 0. The van der Waals surface area contributed by atoms with Crippen LogP contribution in [-0.4, -0.2) is 11.5 Å². The average molecular weight is 199 g/mol. The number of pyridine rings is 1. The highest BCUT2D eigenvalue weighted by atomic mass is 79.9. The number of fused-ring (bicyclic) bond motifs is 1. The molecule has 1 aromatic heterocycles. The van der Waals surface area contributed by atoms with E-state index in [9.17, 15) is 0 Å². The van der Waals surface area contributed by atoms with Crippen molar-refractivity contribution in [1.29, 1.82) is 0 Å². The maximum Gasteiger partial charge on any atom is 0.129 e. The number of anilines is 1. The van der Waals surface area contributed by atoms with E-state index in [4.69, 9.17) is 0 Å². The van der Waals surface area contributed by atoms with Crippen molar-refractivity contribution in [3.63, 3.8) is 0 Å². The van der Waals surface area contributed by atoms with Crippen LogP contribution in [0.25, 0.3) is 0 Å². The molecule has 0 atom stereocenters. The zero-order chi connectivity index (χ0) is 6.97. The highest BCUT2D eigenvalue weighted by Gasteiger charge is 2.11. The van der Waals surface area contributed by atoms with Crippen molar-refractivity contribution in [1.82, 2.24) is 4.98 Å². The van der Waals surface area contributed by atoms with Gasteiger partial charge in [0.15, 0.2) is 0 Å². The Bertz CT molecular complexity index is 260. The first-order valence-electron chi connectivity index (χ1n) is 3.25. The van der Waals surface area contributed by atoms with Crippen LogP contribution in [0.5, 0.6) is 0 Å². The Hall–Kier alpha value is -0.570. The molecular weight excluding hydrogens is 192 g/mol. The summed E-state index contributed by atoms with van der Waals surface area (Å²) in [6.07, 6.45) is 2.95. The zero-order valence-electron chi connectivity index (χ0n) is 5.39. The number of halogens is 1. The lowest BCUT2D eigenvalue weighted by Crippen LogP contribution is -1.92. The fourth-order valence-corrected chi connectivity index (χ4v) is 1.70. The largest absolute Gasteiger partial charge is 0.382 e. The van der Waals surface area contributed by atoms with Gasteiger partial charge in [-0.2, -0.15) is 0 Å². The average Bonchev–Trinajstić information content (AvgIpc) is 2.36. The summed E-state index contributed by atoms with van der Waals surface area (Å²) in [5.41, 5.74) is 2.53. The Balaban J connectivity index is 2.59. The lowest BCUT2D eigenvalue weighted by molar-refractivity contribution is 1.10. The second kappa shape index (κ2) is 2.23. The molecular formula is C7H7BrN2. The SMILES string of the molecule is Brc1nccc2c1NCC2. The number of aromatic nitrogens is 1. The smallest absolute Gasteiger partial charge is 0.129 e. The van der Waals surface area contributed by atoms with Gasteiger partial charge in [-0.15, -0.1) is 0 Å². The molecule has 10 heavy (non-hydrogen) atoms. The summed E-state index contributed by atoms with van der Waals surface area (Å²) < 4.78 is 0.933. The van der Waals surface area contributed by atoms with Gasteiger partial charge < -0.3 is 5.32 Å². The molecule has 2 heterocycles. The Labute approximate surface area is 67.8 Å². The van der Waals surface area contributed by atoms with Crippen molar-refractivity contribution in [3.8, 4) is 0 Å². The van der Waals surface area contributed by atoms with Gasteiger partial charge >= 0.3 is 0 Å². The molecule has 0 amide bonds. The molecule has 0 saturated carbocycles. The van der Waals surface area contributed by atoms with Gasteiger partial charge in [0.1, 0.15) is 4.60 Å². The summed E-state index contributed by atoms with van der Waals surface area (Å²) in [4.78, 5) is 4.10. The van der Waals surface area contributed by atoms with Crippen molar-refractivity contribution in [2.75, 3.05) is 11.9 Å². The van der Waals surface area contributed by atoms with Crippen LogP contribution in [0.15, 0.2) is 16.9 Å². The summed E-state index contributed by atoms with van der Waals surface area (Å²) >= 11 is 3.37. The third-order valence-electron chi connectivity index (χ3n) is 1.69. The molecule has 1 N–H and O–H groups in total. The molecule has 2 rings (SSSR count). The van der Waals surface area contributed by atoms with Gasteiger partial charge in [0.05, 0.1) is 5.69 Å². The van der Waals surface area contributed by atoms with E-state index < -0.39 is 0 Å². The molecule has 0 radical (unpaired) electrons. The predicted molar refractivity (Wildman–Crippen MR) is 44.1 cm³/mol. The van der Waals surface area contributed by atoms with E-state index in [1.54, 1.807) is 0 Å². The second-order valence-electron chi connectivity index (χ2n) is 2.31. The van der Waals surface area contributed by atoms with E-state index in [2.05, 4.69) is 32.3 Å². The van der Waals surface area contributed by atoms with Crippen LogP contribution in [0.1, 0.15) is 5.56 Å². The van der Waals surface area contributed by atoms with Gasteiger partial charge in [-0.3, -0.25) is 0 Å². The van der Waals surface area contributed by atoms with Crippen LogP contribution >= 0.6 is 15.9 Å². The second-order valence-corrected chi connectivity index (χ2v) is 3.06. The van der Waals surface area contributed by atoms with Gasteiger partial charge in [-0.05, 0) is 34.0 Å². The van der Waals surface area contributed by atoms with Crippen molar-refractivity contribution >= 4 is 21.6 Å². The van der Waals surface area contributed by atoms with Gasteiger partial charge in [0, 0.05) is 12.7 Å². The van der Waals surface area contributed by atoms with E-state index in [1.165, 1.54) is 11.3 Å². The monoisotopic (exact) mass is 198 g/mol. The van der Waals surface area contributed by atoms with Gasteiger partial charge in [0.2, 0.25) is 0 Å². The molecule has 0 aromatic carbocycles. The van der Waals surface area contributed by atoms with Crippen molar-refractivity contribution in [2.45, 2.75) is 6.42 Å². The van der Waals surface area contributed by atoms with Crippen LogP contribution in [0.2, 0.25) is 0 Å². The van der Waals surface area contributed by atoms with Crippen LogP contribution in [0, 0.1) is 0 Å². The minimum absolute atomic E-state index is 0.933. The molecule has 0 fully saturated rings. The molecule has 1 aliphatic rings. The third kappa shape index (κ3) is 0.814. The first-order valence-corrected chi connectivity index (χ1v) is 4.04. The van der Waals surface area contributed by atoms with Gasteiger partial charge in [-0.25, -0.2) is 4.98 Å². The molecule has 0 aliphatic carbocycles. The number of rotatable bonds is 0. The topological polar surface area (TPSA) is 24.9 Å². The molecule has 1 aliphatic heterocycles. The predicted octanol–water partition coefficient (Wildman–Crippen LogP) is 1.81. The van der Waals surface area contributed by atoms with E-state index in [-0.39, 0.29) is 0 Å². The third-order valence-corrected chi connectivity index (χ3v) is 2.29. The molecule has 52 valence electrons. The van der Waals surface area contributed by atoms with E-state index in [1.807, 2.05) is 6.20 Å². The molecule has 0 bridgehead atoms. The minimum Gasteiger partial charge on any atom is -0.382 e. The lowest BCUT2D eigenvalue weighted by atomic mass is 10.2. The Morgan fingerprint density at radius 2 is 2.50 bits per heavy atom. The first kappa shape index (κ1) is 6.16. The van der Waals surface area contributed by atoms with E-state index >= 15 is 0 Å². The van der Waals surface area contributed by atoms with Crippen molar-refractivity contribution in [2.24, 2.45) is 0 Å². The van der Waals surface area contributed by atoms with Crippen LogP contribution in [0.4, 0.5) is 5.69 Å². The molecule has 3 heteroatoms. The molecule has 1 aromatic rings. The van der Waals surface area contributed by atoms with Gasteiger partial charge in [-0.1, -0.05) is 0 Å². The molecule has 0 saturated heterocycles. The Kier molecular flexibility index (Phi) is 1.38. The normalized spacial score (nSPS) is 14.5. The lowest BCUT2D eigenvalue weighted by Gasteiger charge is -1.99. The fraction of sp³-hybridized carbons (Fsp3) is 0.286. The van der Waals surface area contributed by atoms with E-state index in [0.717, 1.165) is 17.6 Å². The quantitative estimate of drug-likeness (QED) is 0.644. The first-order chi connectivity index (χ1) is 4.88. The Morgan fingerprint density at radius 1 is 1.60 bits per heavy atom. The summed E-state index contributed by atoms with van der Waals surface area (Å²) in [5, 5.41) is 3.26. The van der Waals surface area contributed by atoms with Crippen LogP contribution in [0.3, 0.4) is 0 Å². The highest BCUT2D eigenvalue weighted by Crippen LogP contribution is 2.27. The van der Waals surface area contributed by atoms with E-state index in [0.29, 0.717) is 0 Å². The summed E-state index contributed by atoms with van der Waals surface area (Å²) in [5.74, 6) is 0. The summed E-state index contributed by atoms with van der Waals surface area (Å²) in [6, 6.07) is 2.06. The maximum absolute atomic E-state index is 4.10.